The number of carbonyl (C=O) groups is 1. The molecule has 0 atom stereocenters. The quantitative estimate of drug-likeness (QED) is 0.841. The van der Waals surface area contributed by atoms with Gasteiger partial charge in [0.1, 0.15) is 0 Å². The molecule has 1 aromatic heterocycles. The molecule has 2 N–H and O–H groups in total. The number of aryl methyl sites for hydroxylation is 1. The van der Waals surface area contributed by atoms with Crippen molar-refractivity contribution in [3.05, 3.63) is 23.2 Å². The Morgan fingerprint density at radius 2 is 1.91 bits per heavy atom. The minimum Gasteiger partial charge on any atom is -0.333 e. The number of hydrogen-bond acceptors (Lipinski definition) is 3. The van der Waals surface area contributed by atoms with E-state index in [9.17, 15) is 4.79 Å². The van der Waals surface area contributed by atoms with Crippen molar-refractivity contribution in [1.29, 1.82) is 0 Å². The summed E-state index contributed by atoms with van der Waals surface area (Å²) in [5.41, 5.74) is 1.67. The summed E-state index contributed by atoms with van der Waals surface area (Å²) in [5, 5.41) is 7.00. The molecule has 0 aliphatic rings. The molecular formula is C17H25N3OS. The van der Waals surface area contributed by atoms with Crippen molar-refractivity contribution >= 4 is 33.3 Å². The average molecular weight is 319 g/mol. The number of amides is 2. The summed E-state index contributed by atoms with van der Waals surface area (Å²) < 4.78 is 1.09. The molecule has 0 aliphatic heterocycles. The van der Waals surface area contributed by atoms with Crippen molar-refractivity contribution < 1.29 is 4.79 Å². The fourth-order valence-corrected chi connectivity index (χ4v) is 3.82. The molecule has 1 heterocycles. The Morgan fingerprint density at radius 1 is 1.23 bits per heavy atom. The number of nitrogens with one attached hydrogen (secondary N) is 2. The van der Waals surface area contributed by atoms with Crippen molar-refractivity contribution in [1.82, 2.24) is 10.3 Å². The van der Waals surface area contributed by atoms with Gasteiger partial charge in [0.05, 0.1) is 15.2 Å². The van der Waals surface area contributed by atoms with Gasteiger partial charge in [-0.3, -0.25) is 0 Å². The lowest BCUT2D eigenvalue weighted by atomic mass is 9.82. The Bertz CT molecular complexity index is 683. The molecule has 1 aromatic carbocycles. The van der Waals surface area contributed by atoms with E-state index in [1.54, 1.807) is 11.3 Å². The third-order valence-corrected chi connectivity index (χ3v) is 4.11. The Labute approximate surface area is 136 Å². The number of benzene rings is 1. The molecule has 2 rings (SSSR count). The Kier molecular flexibility index (Phi) is 4.47. The molecule has 0 unspecified atom stereocenters. The summed E-state index contributed by atoms with van der Waals surface area (Å²) in [6.45, 7) is 12.6. The number of thiazole rings is 1. The van der Waals surface area contributed by atoms with Crippen LogP contribution in [0.1, 0.15) is 46.0 Å². The zero-order valence-corrected chi connectivity index (χ0v) is 15.0. The van der Waals surface area contributed by atoms with Crippen molar-refractivity contribution in [2.75, 3.05) is 5.32 Å². The maximum Gasteiger partial charge on any atom is 0.319 e. The number of rotatable bonds is 3. The predicted octanol–water partition coefficient (Wildman–Crippen LogP) is 4.94. The van der Waals surface area contributed by atoms with Gasteiger partial charge >= 0.3 is 6.03 Å². The molecule has 0 fully saturated rings. The Morgan fingerprint density at radius 3 is 2.55 bits per heavy atom. The van der Waals surface area contributed by atoms with E-state index in [2.05, 4.69) is 36.4 Å². The highest BCUT2D eigenvalue weighted by Gasteiger charge is 2.27. The fraction of sp³-hybridized carbons (Fsp3) is 0.529. The molecule has 0 spiro atoms. The highest BCUT2D eigenvalue weighted by molar-refractivity contribution is 7.18. The highest BCUT2D eigenvalue weighted by atomic mass is 32.1. The van der Waals surface area contributed by atoms with Gasteiger partial charge in [-0.25, -0.2) is 9.78 Å². The summed E-state index contributed by atoms with van der Waals surface area (Å²) in [6.07, 6.45) is 0.903. The second kappa shape index (κ2) is 5.88. The fourth-order valence-electron chi connectivity index (χ4n) is 2.96. The van der Waals surface area contributed by atoms with Crippen LogP contribution in [0.2, 0.25) is 0 Å². The number of anilines is 1. The average Bonchev–Trinajstić information content (AvgIpc) is 2.63. The predicted molar refractivity (Wildman–Crippen MR) is 94.7 cm³/mol. The molecule has 4 nitrogen and oxygen atoms in total. The monoisotopic (exact) mass is 319 g/mol. The molecule has 0 bridgehead atoms. The minimum atomic E-state index is -0.256. The van der Waals surface area contributed by atoms with Crippen molar-refractivity contribution in [2.24, 2.45) is 5.41 Å². The first kappa shape index (κ1) is 16.7. The molecule has 0 radical (unpaired) electrons. The number of hydrogen-bond donors (Lipinski definition) is 2. The second-order valence-electron chi connectivity index (χ2n) is 7.62. The van der Waals surface area contributed by atoms with E-state index < -0.39 is 0 Å². The lowest BCUT2D eigenvalue weighted by Gasteiger charge is -2.33. The minimum absolute atomic E-state index is 0.163. The summed E-state index contributed by atoms with van der Waals surface area (Å²) >= 11 is 1.63. The molecule has 5 heteroatoms. The first-order valence-electron chi connectivity index (χ1n) is 7.50. The summed E-state index contributed by atoms with van der Waals surface area (Å²) in [6, 6.07) is 5.62. The van der Waals surface area contributed by atoms with Crippen LogP contribution in [0.3, 0.4) is 0 Å². The molecule has 2 amide bonds. The maximum absolute atomic E-state index is 12.2. The number of urea groups is 1. The summed E-state index contributed by atoms with van der Waals surface area (Å²) in [4.78, 5) is 16.6. The van der Waals surface area contributed by atoms with Crippen LogP contribution in [0.4, 0.5) is 10.5 Å². The zero-order valence-electron chi connectivity index (χ0n) is 14.2. The molecule has 0 saturated heterocycles. The van der Waals surface area contributed by atoms with Gasteiger partial charge < -0.3 is 10.6 Å². The second-order valence-corrected chi connectivity index (χ2v) is 8.85. The normalized spacial score (nSPS) is 12.5. The van der Waals surface area contributed by atoms with Crippen LogP contribution in [-0.2, 0) is 0 Å². The number of carbonyl (C=O) groups excluding carboxylic acids is 1. The Hall–Kier alpha value is -1.62. The lowest BCUT2D eigenvalue weighted by Crippen LogP contribution is -2.47. The number of aromatic nitrogens is 1. The van der Waals surface area contributed by atoms with Gasteiger partial charge in [0.2, 0.25) is 0 Å². The third-order valence-electron chi connectivity index (χ3n) is 3.18. The first-order valence-corrected chi connectivity index (χ1v) is 8.32. The molecule has 0 saturated carbocycles. The standard InChI is InChI=1S/C17H25N3OS/c1-11-18-13-8-7-12(9-14(13)22-11)19-15(21)20-17(5,6)10-16(2,3)4/h7-9H,10H2,1-6H3,(H2,19,20,21). The largest absolute Gasteiger partial charge is 0.333 e. The highest BCUT2D eigenvalue weighted by Crippen LogP contribution is 2.27. The van der Waals surface area contributed by atoms with Gasteiger partial charge in [-0.15, -0.1) is 11.3 Å². The van der Waals surface area contributed by atoms with Crippen molar-refractivity contribution in [3.63, 3.8) is 0 Å². The van der Waals surface area contributed by atoms with E-state index in [-0.39, 0.29) is 17.0 Å². The first-order chi connectivity index (χ1) is 10.0. The third kappa shape index (κ3) is 4.70. The number of fused-ring (bicyclic) bond motifs is 1. The van der Waals surface area contributed by atoms with Crippen LogP contribution >= 0.6 is 11.3 Å². The van der Waals surface area contributed by atoms with Crippen LogP contribution in [0, 0.1) is 12.3 Å². The van der Waals surface area contributed by atoms with Gasteiger partial charge in [0.15, 0.2) is 0 Å². The van der Waals surface area contributed by atoms with E-state index >= 15 is 0 Å². The zero-order chi connectivity index (χ0) is 16.5. The van der Waals surface area contributed by atoms with E-state index in [0.29, 0.717) is 0 Å². The van der Waals surface area contributed by atoms with Gasteiger partial charge in [0.25, 0.3) is 0 Å². The number of nitrogens with zero attached hydrogens (tertiary/aromatic N) is 1. The topological polar surface area (TPSA) is 54.0 Å². The van der Waals surface area contributed by atoms with Crippen molar-refractivity contribution in [3.8, 4) is 0 Å². The van der Waals surface area contributed by atoms with E-state index in [0.717, 1.165) is 27.3 Å². The molecule has 0 aliphatic carbocycles. The maximum atomic E-state index is 12.2. The van der Waals surface area contributed by atoms with Crippen LogP contribution < -0.4 is 10.6 Å². The van der Waals surface area contributed by atoms with Crippen LogP contribution in [0.25, 0.3) is 10.2 Å². The summed E-state index contributed by atoms with van der Waals surface area (Å²) in [5.74, 6) is 0. The molecular weight excluding hydrogens is 294 g/mol. The Balaban J connectivity index is 2.04. The summed E-state index contributed by atoms with van der Waals surface area (Å²) in [7, 11) is 0. The van der Waals surface area contributed by atoms with E-state index in [4.69, 9.17) is 0 Å². The molecule has 120 valence electrons. The molecule has 2 aromatic rings. The van der Waals surface area contributed by atoms with Crippen molar-refractivity contribution in [2.45, 2.75) is 53.5 Å². The SMILES string of the molecule is Cc1nc2ccc(NC(=O)NC(C)(C)CC(C)(C)C)cc2s1. The van der Waals surface area contributed by atoms with Gasteiger partial charge in [-0.1, -0.05) is 20.8 Å². The van der Waals surface area contributed by atoms with E-state index in [1.165, 1.54) is 0 Å². The van der Waals surface area contributed by atoms with Gasteiger partial charge in [0, 0.05) is 11.2 Å². The van der Waals surface area contributed by atoms with Gasteiger partial charge in [-0.2, -0.15) is 0 Å². The lowest BCUT2D eigenvalue weighted by molar-refractivity contribution is 0.220. The van der Waals surface area contributed by atoms with Crippen LogP contribution in [0.5, 0.6) is 0 Å². The smallest absolute Gasteiger partial charge is 0.319 e. The van der Waals surface area contributed by atoms with Gasteiger partial charge in [-0.05, 0) is 50.8 Å². The molecule has 22 heavy (non-hydrogen) atoms. The van der Waals surface area contributed by atoms with Crippen LogP contribution in [-0.4, -0.2) is 16.6 Å². The van der Waals surface area contributed by atoms with Crippen LogP contribution in [0.15, 0.2) is 18.2 Å². The van der Waals surface area contributed by atoms with E-state index in [1.807, 2.05) is 39.0 Å².